The summed E-state index contributed by atoms with van der Waals surface area (Å²) in [5.74, 6) is 1.88. The summed E-state index contributed by atoms with van der Waals surface area (Å²) in [6, 6.07) is 0. The average molecular weight is 350 g/mol. The van der Waals surface area contributed by atoms with E-state index in [1.807, 2.05) is 4.90 Å². The molecule has 0 N–H and O–H groups in total. The lowest BCUT2D eigenvalue weighted by atomic mass is 9.92. The molecule has 3 rings (SSSR count). The van der Waals surface area contributed by atoms with Gasteiger partial charge in [-0.25, -0.2) is 9.97 Å². The van der Waals surface area contributed by atoms with Gasteiger partial charge in [-0.05, 0) is 37.7 Å². The van der Waals surface area contributed by atoms with Crippen molar-refractivity contribution < 1.29 is 4.79 Å². The van der Waals surface area contributed by atoms with E-state index in [4.69, 9.17) is 0 Å². The zero-order chi connectivity index (χ0) is 16.6. The number of aromatic nitrogens is 2. The van der Waals surface area contributed by atoms with E-state index in [0.717, 1.165) is 28.3 Å². The molecule has 0 saturated carbocycles. The van der Waals surface area contributed by atoms with Gasteiger partial charge in [-0.2, -0.15) is 0 Å². The first-order valence-corrected chi connectivity index (χ1v) is 9.87. The second-order valence-corrected chi connectivity index (χ2v) is 8.84. The third kappa shape index (κ3) is 3.53. The lowest BCUT2D eigenvalue weighted by molar-refractivity contribution is -0.130. The molecular weight excluding hydrogens is 326 g/mol. The SMILES string of the molecule is Cc1sc2ncnc(SCC(=O)N3C[C@H](C)C[C@@H](C)C3)c2c1C. The van der Waals surface area contributed by atoms with Gasteiger partial charge in [0.25, 0.3) is 0 Å². The zero-order valence-corrected chi connectivity index (χ0v) is 15.8. The van der Waals surface area contributed by atoms with Crippen LogP contribution < -0.4 is 0 Å². The van der Waals surface area contributed by atoms with Crippen LogP contribution in [0.3, 0.4) is 0 Å². The number of aryl methyl sites for hydroxylation is 2. The highest BCUT2D eigenvalue weighted by Crippen LogP contribution is 2.34. The Bertz CT molecular complexity index is 718. The van der Waals surface area contributed by atoms with Gasteiger partial charge in [-0.15, -0.1) is 11.3 Å². The predicted octanol–water partition coefficient (Wildman–Crippen LogP) is 3.90. The monoisotopic (exact) mass is 349 g/mol. The van der Waals surface area contributed by atoms with Crippen LogP contribution in [0, 0.1) is 25.7 Å². The average Bonchev–Trinajstić information content (AvgIpc) is 2.79. The van der Waals surface area contributed by atoms with Crippen molar-refractivity contribution in [2.24, 2.45) is 11.8 Å². The molecule has 1 amide bonds. The van der Waals surface area contributed by atoms with Crippen molar-refractivity contribution in [1.29, 1.82) is 0 Å². The molecule has 0 radical (unpaired) electrons. The van der Waals surface area contributed by atoms with Crippen molar-refractivity contribution >= 4 is 39.2 Å². The number of hydrogen-bond donors (Lipinski definition) is 0. The first-order valence-electron chi connectivity index (χ1n) is 8.07. The minimum absolute atomic E-state index is 0.227. The van der Waals surface area contributed by atoms with Crippen LogP contribution in [-0.4, -0.2) is 39.6 Å². The number of hydrogen-bond acceptors (Lipinski definition) is 5. The molecule has 4 nitrogen and oxygen atoms in total. The van der Waals surface area contributed by atoms with Gasteiger partial charge in [0.15, 0.2) is 0 Å². The van der Waals surface area contributed by atoms with Crippen molar-refractivity contribution in [3.05, 3.63) is 16.8 Å². The number of likely N-dealkylation sites (tertiary alicyclic amines) is 1. The second kappa shape index (κ2) is 6.77. The molecule has 124 valence electrons. The standard InChI is InChI=1S/C17H23N3OS2/c1-10-5-11(2)7-20(6-10)14(21)8-22-16-15-12(3)13(4)23-17(15)19-9-18-16/h9-11H,5-8H2,1-4H3/t10-,11-/m1/s1. The van der Waals surface area contributed by atoms with Gasteiger partial charge in [0, 0.05) is 23.4 Å². The van der Waals surface area contributed by atoms with E-state index in [-0.39, 0.29) is 5.91 Å². The maximum atomic E-state index is 12.6. The maximum Gasteiger partial charge on any atom is 0.233 e. The lowest BCUT2D eigenvalue weighted by Gasteiger charge is -2.35. The summed E-state index contributed by atoms with van der Waals surface area (Å²) in [4.78, 5) is 25.6. The van der Waals surface area contributed by atoms with Crippen molar-refractivity contribution in [1.82, 2.24) is 14.9 Å². The summed E-state index contributed by atoms with van der Waals surface area (Å²) in [5, 5.41) is 2.05. The Hall–Kier alpha value is -1.14. The Kier molecular flexibility index (Phi) is 4.92. The van der Waals surface area contributed by atoms with Crippen LogP contribution >= 0.6 is 23.1 Å². The zero-order valence-electron chi connectivity index (χ0n) is 14.1. The van der Waals surface area contributed by atoms with E-state index in [9.17, 15) is 4.79 Å². The van der Waals surface area contributed by atoms with E-state index in [1.54, 1.807) is 29.4 Å². The molecule has 0 spiro atoms. The highest BCUT2D eigenvalue weighted by molar-refractivity contribution is 8.00. The summed E-state index contributed by atoms with van der Waals surface area (Å²) in [5.41, 5.74) is 1.24. The molecule has 23 heavy (non-hydrogen) atoms. The predicted molar refractivity (Wildman–Crippen MR) is 97.1 cm³/mol. The maximum absolute atomic E-state index is 12.6. The number of thiophene rings is 1. The molecule has 2 aromatic heterocycles. The highest BCUT2D eigenvalue weighted by Gasteiger charge is 2.25. The molecule has 0 aliphatic carbocycles. The number of carbonyl (C=O) groups excluding carboxylic acids is 1. The van der Waals surface area contributed by atoms with Crippen molar-refractivity contribution in [3.63, 3.8) is 0 Å². The first kappa shape index (κ1) is 16.7. The number of amides is 1. The van der Waals surface area contributed by atoms with Crippen LogP contribution in [0.25, 0.3) is 10.2 Å². The fourth-order valence-corrected chi connectivity index (χ4v) is 5.37. The van der Waals surface area contributed by atoms with Crippen molar-refractivity contribution in [3.8, 4) is 0 Å². The first-order chi connectivity index (χ1) is 11.0. The van der Waals surface area contributed by atoms with E-state index < -0.39 is 0 Å². The fraction of sp³-hybridized carbons (Fsp3) is 0.588. The molecule has 0 aromatic carbocycles. The Labute approximate surface area is 145 Å². The smallest absolute Gasteiger partial charge is 0.233 e. The number of carbonyl (C=O) groups is 1. The summed E-state index contributed by atoms with van der Waals surface area (Å²) in [7, 11) is 0. The second-order valence-electron chi connectivity index (χ2n) is 6.68. The van der Waals surface area contributed by atoms with Crippen LogP contribution in [0.5, 0.6) is 0 Å². The van der Waals surface area contributed by atoms with Crippen molar-refractivity contribution in [2.45, 2.75) is 39.1 Å². The van der Waals surface area contributed by atoms with Gasteiger partial charge in [-0.1, -0.05) is 25.6 Å². The van der Waals surface area contributed by atoms with Crippen LogP contribution in [0.2, 0.25) is 0 Å². The van der Waals surface area contributed by atoms with Gasteiger partial charge < -0.3 is 4.90 Å². The molecule has 0 bridgehead atoms. The minimum atomic E-state index is 0.227. The topological polar surface area (TPSA) is 46.1 Å². The Morgan fingerprint density at radius 1 is 1.30 bits per heavy atom. The van der Waals surface area contributed by atoms with E-state index >= 15 is 0 Å². The van der Waals surface area contributed by atoms with Gasteiger partial charge in [0.2, 0.25) is 5.91 Å². The lowest BCUT2D eigenvalue weighted by Crippen LogP contribution is -2.43. The third-order valence-corrected chi connectivity index (χ3v) is 6.57. The fourth-order valence-electron chi connectivity index (χ4n) is 3.35. The van der Waals surface area contributed by atoms with E-state index in [1.165, 1.54) is 16.9 Å². The molecular formula is C17H23N3OS2. The van der Waals surface area contributed by atoms with Crippen molar-refractivity contribution in [2.75, 3.05) is 18.8 Å². The van der Waals surface area contributed by atoms with Gasteiger partial charge in [0.1, 0.15) is 16.2 Å². The van der Waals surface area contributed by atoms with Gasteiger partial charge >= 0.3 is 0 Å². The van der Waals surface area contributed by atoms with Gasteiger partial charge in [0.05, 0.1) is 5.75 Å². The molecule has 1 fully saturated rings. The normalized spacial score (nSPS) is 21.8. The van der Waals surface area contributed by atoms with Crippen LogP contribution in [0.15, 0.2) is 11.4 Å². The molecule has 2 atom stereocenters. The summed E-state index contributed by atoms with van der Waals surface area (Å²) in [6.07, 6.45) is 2.83. The number of rotatable bonds is 3. The highest BCUT2D eigenvalue weighted by atomic mass is 32.2. The molecule has 1 aliphatic heterocycles. The number of thioether (sulfide) groups is 1. The molecule has 6 heteroatoms. The Morgan fingerprint density at radius 3 is 2.70 bits per heavy atom. The number of nitrogens with zero attached hydrogens (tertiary/aromatic N) is 3. The van der Waals surface area contributed by atoms with Gasteiger partial charge in [-0.3, -0.25) is 4.79 Å². The van der Waals surface area contributed by atoms with E-state index in [0.29, 0.717) is 17.6 Å². The molecule has 0 unspecified atom stereocenters. The summed E-state index contributed by atoms with van der Waals surface area (Å²) >= 11 is 3.24. The van der Waals surface area contributed by atoms with Crippen LogP contribution in [-0.2, 0) is 4.79 Å². The molecule has 3 heterocycles. The molecule has 2 aromatic rings. The third-order valence-electron chi connectivity index (χ3n) is 4.48. The molecule has 1 saturated heterocycles. The van der Waals surface area contributed by atoms with E-state index in [2.05, 4.69) is 37.7 Å². The molecule has 1 aliphatic rings. The largest absolute Gasteiger partial charge is 0.341 e. The number of piperidine rings is 1. The Balaban J connectivity index is 1.72. The number of fused-ring (bicyclic) bond motifs is 1. The quantitative estimate of drug-likeness (QED) is 0.623. The summed E-state index contributed by atoms with van der Waals surface area (Å²) < 4.78 is 0. The Morgan fingerprint density at radius 2 is 2.00 bits per heavy atom. The van der Waals surface area contributed by atoms with Crippen LogP contribution in [0.4, 0.5) is 0 Å². The van der Waals surface area contributed by atoms with Crippen LogP contribution in [0.1, 0.15) is 30.7 Å². The minimum Gasteiger partial charge on any atom is -0.341 e. The summed E-state index contributed by atoms with van der Waals surface area (Å²) in [6.45, 7) is 10.5.